The Balaban J connectivity index is 2.04. The number of carboxylic acid groups (broad SMARTS) is 1. The molecule has 3 aromatic carbocycles. The van der Waals surface area contributed by atoms with Crippen molar-refractivity contribution in [1.29, 1.82) is 0 Å². The maximum Gasteiger partial charge on any atom is 0.338 e. The molecule has 0 radical (unpaired) electrons. The molecular formula is C20H14FNO3. The molecule has 0 unspecified atom stereocenters. The Hall–Kier alpha value is -3.47. The van der Waals surface area contributed by atoms with Gasteiger partial charge in [0.2, 0.25) is 0 Å². The summed E-state index contributed by atoms with van der Waals surface area (Å²) in [7, 11) is 0. The number of carboxylic acids is 1. The first-order valence-electron chi connectivity index (χ1n) is 7.55. The van der Waals surface area contributed by atoms with Crippen LogP contribution >= 0.6 is 0 Å². The SMILES string of the molecule is O=C(Nc1cc(-c2ccccc2)cc(C(=O)O)c1F)c1ccccc1. The van der Waals surface area contributed by atoms with Crippen LogP contribution in [0.3, 0.4) is 0 Å². The van der Waals surface area contributed by atoms with Crippen LogP contribution in [0, 0.1) is 5.82 Å². The smallest absolute Gasteiger partial charge is 0.338 e. The summed E-state index contributed by atoms with van der Waals surface area (Å²) in [5.41, 5.74) is 0.907. The van der Waals surface area contributed by atoms with Gasteiger partial charge in [-0.25, -0.2) is 9.18 Å². The van der Waals surface area contributed by atoms with Crippen LogP contribution in [0.1, 0.15) is 20.7 Å². The summed E-state index contributed by atoms with van der Waals surface area (Å²) in [5, 5.41) is 11.7. The molecule has 5 heteroatoms. The van der Waals surface area contributed by atoms with E-state index in [0.29, 0.717) is 11.1 Å². The van der Waals surface area contributed by atoms with Gasteiger partial charge in [0.15, 0.2) is 5.82 Å². The van der Waals surface area contributed by atoms with Crippen LogP contribution in [0.2, 0.25) is 0 Å². The molecule has 0 atom stereocenters. The quantitative estimate of drug-likeness (QED) is 0.740. The zero-order valence-electron chi connectivity index (χ0n) is 13.1. The van der Waals surface area contributed by atoms with E-state index in [2.05, 4.69) is 5.32 Å². The molecule has 0 saturated carbocycles. The van der Waals surface area contributed by atoms with Crippen molar-refractivity contribution in [3.05, 3.63) is 89.7 Å². The Morgan fingerprint density at radius 1 is 0.840 bits per heavy atom. The average Bonchev–Trinajstić information content (AvgIpc) is 2.64. The molecular weight excluding hydrogens is 321 g/mol. The number of carbonyl (C=O) groups is 2. The van der Waals surface area contributed by atoms with E-state index < -0.39 is 23.3 Å². The topological polar surface area (TPSA) is 66.4 Å². The molecule has 0 bridgehead atoms. The zero-order valence-corrected chi connectivity index (χ0v) is 13.1. The van der Waals surface area contributed by atoms with Gasteiger partial charge < -0.3 is 10.4 Å². The van der Waals surface area contributed by atoms with Gasteiger partial charge in [-0.15, -0.1) is 0 Å². The van der Waals surface area contributed by atoms with Crippen LogP contribution in [-0.2, 0) is 0 Å². The van der Waals surface area contributed by atoms with Gasteiger partial charge in [-0.1, -0.05) is 48.5 Å². The molecule has 0 aliphatic carbocycles. The lowest BCUT2D eigenvalue weighted by Gasteiger charge is -2.11. The maximum absolute atomic E-state index is 14.5. The van der Waals surface area contributed by atoms with Crippen molar-refractivity contribution in [3.8, 4) is 11.1 Å². The van der Waals surface area contributed by atoms with Crippen molar-refractivity contribution in [2.24, 2.45) is 0 Å². The van der Waals surface area contributed by atoms with Crippen molar-refractivity contribution in [2.75, 3.05) is 5.32 Å². The molecule has 0 spiro atoms. The number of carbonyl (C=O) groups excluding carboxylic acids is 1. The lowest BCUT2D eigenvalue weighted by molar-refractivity contribution is 0.0691. The van der Waals surface area contributed by atoms with E-state index in [1.54, 1.807) is 54.6 Å². The van der Waals surface area contributed by atoms with Crippen molar-refractivity contribution in [3.63, 3.8) is 0 Å². The molecule has 0 aromatic heterocycles. The van der Waals surface area contributed by atoms with Gasteiger partial charge in [0.25, 0.3) is 5.91 Å². The summed E-state index contributed by atoms with van der Waals surface area (Å²) >= 11 is 0. The molecule has 124 valence electrons. The zero-order chi connectivity index (χ0) is 17.8. The number of rotatable bonds is 4. The standard InChI is InChI=1S/C20H14FNO3/c21-18-16(20(24)25)11-15(13-7-3-1-4-8-13)12-17(18)22-19(23)14-9-5-2-6-10-14/h1-12H,(H,22,23)(H,24,25). The van der Waals surface area contributed by atoms with E-state index in [9.17, 15) is 19.1 Å². The highest BCUT2D eigenvalue weighted by Crippen LogP contribution is 2.28. The third-order valence-electron chi connectivity index (χ3n) is 3.69. The second kappa shape index (κ2) is 6.97. The van der Waals surface area contributed by atoms with E-state index >= 15 is 0 Å². The molecule has 4 nitrogen and oxygen atoms in total. The van der Waals surface area contributed by atoms with E-state index in [1.807, 2.05) is 6.07 Å². The third-order valence-corrected chi connectivity index (χ3v) is 3.69. The molecule has 0 fully saturated rings. The molecule has 2 N–H and O–H groups in total. The van der Waals surface area contributed by atoms with E-state index in [4.69, 9.17) is 0 Å². The Labute approximate surface area is 143 Å². The minimum Gasteiger partial charge on any atom is -0.478 e. The number of amides is 1. The summed E-state index contributed by atoms with van der Waals surface area (Å²) in [6.07, 6.45) is 0. The normalized spacial score (nSPS) is 10.3. The van der Waals surface area contributed by atoms with Gasteiger partial charge in [-0.3, -0.25) is 4.79 Å². The minimum atomic E-state index is -1.40. The van der Waals surface area contributed by atoms with Gasteiger partial charge in [0.05, 0.1) is 11.3 Å². The predicted octanol–water partition coefficient (Wildman–Crippen LogP) is 4.44. The Kier molecular flexibility index (Phi) is 4.57. The predicted molar refractivity (Wildman–Crippen MR) is 93.2 cm³/mol. The Morgan fingerprint density at radius 3 is 2.04 bits per heavy atom. The van der Waals surface area contributed by atoms with Crippen LogP contribution in [0.4, 0.5) is 10.1 Å². The second-order valence-corrected chi connectivity index (χ2v) is 5.38. The van der Waals surface area contributed by atoms with Gasteiger partial charge in [-0.2, -0.15) is 0 Å². The highest BCUT2D eigenvalue weighted by atomic mass is 19.1. The molecule has 0 heterocycles. The third kappa shape index (κ3) is 3.55. The average molecular weight is 335 g/mol. The van der Waals surface area contributed by atoms with E-state index in [0.717, 1.165) is 5.56 Å². The fourth-order valence-electron chi connectivity index (χ4n) is 2.45. The summed E-state index contributed by atoms with van der Waals surface area (Å²) < 4.78 is 14.5. The first-order chi connectivity index (χ1) is 12.1. The van der Waals surface area contributed by atoms with Crippen molar-refractivity contribution in [1.82, 2.24) is 0 Å². The summed E-state index contributed by atoms with van der Waals surface area (Å²) in [6.45, 7) is 0. The first kappa shape index (κ1) is 16.4. The summed E-state index contributed by atoms with van der Waals surface area (Å²) in [6, 6.07) is 20.0. The lowest BCUT2D eigenvalue weighted by Crippen LogP contribution is -2.14. The second-order valence-electron chi connectivity index (χ2n) is 5.38. The minimum absolute atomic E-state index is 0.174. The fourth-order valence-corrected chi connectivity index (χ4v) is 2.45. The lowest BCUT2D eigenvalue weighted by atomic mass is 10.0. The molecule has 0 aliphatic rings. The van der Waals surface area contributed by atoms with Crippen LogP contribution in [-0.4, -0.2) is 17.0 Å². The summed E-state index contributed by atoms with van der Waals surface area (Å²) in [4.78, 5) is 23.6. The fraction of sp³-hybridized carbons (Fsp3) is 0. The van der Waals surface area contributed by atoms with Gasteiger partial charge in [0, 0.05) is 5.56 Å². The number of aromatic carboxylic acids is 1. The van der Waals surface area contributed by atoms with Crippen LogP contribution in [0.5, 0.6) is 0 Å². The van der Waals surface area contributed by atoms with E-state index in [-0.39, 0.29) is 5.69 Å². The first-order valence-corrected chi connectivity index (χ1v) is 7.55. The van der Waals surface area contributed by atoms with E-state index in [1.165, 1.54) is 12.1 Å². The van der Waals surface area contributed by atoms with Crippen LogP contribution < -0.4 is 5.32 Å². The van der Waals surface area contributed by atoms with Gasteiger partial charge >= 0.3 is 5.97 Å². The highest BCUT2D eigenvalue weighted by molar-refractivity contribution is 6.05. The van der Waals surface area contributed by atoms with Gasteiger partial charge in [-0.05, 0) is 35.4 Å². The summed E-state index contributed by atoms with van der Waals surface area (Å²) in [5.74, 6) is -2.89. The molecule has 3 rings (SSSR count). The van der Waals surface area contributed by atoms with Gasteiger partial charge in [0.1, 0.15) is 0 Å². The highest BCUT2D eigenvalue weighted by Gasteiger charge is 2.19. The molecule has 25 heavy (non-hydrogen) atoms. The molecule has 3 aromatic rings. The van der Waals surface area contributed by atoms with Crippen LogP contribution in [0.15, 0.2) is 72.8 Å². The number of hydrogen-bond donors (Lipinski definition) is 2. The molecule has 1 amide bonds. The largest absolute Gasteiger partial charge is 0.478 e. The molecule has 0 saturated heterocycles. The maximum atomic E-state index is 14.5. The van der Waals surface area contributed by atoms with Crippen molar-refractivity contribution < 1.29 is 19.1 Å². The van der Waals surface area contributed by atoms with Crippen molar-refractivity contribution >= 4 is 17.6 Å². The van der Waals surface area contributed by atoms with Crippen molar-refractivity contribution in [2.45, 2.75) is 0 Å². The number of halogens is 1. The number of benzene rings is 3. The number of anilines is 1. The van der Waals surface area contributed by atoms with Crippen LogP contribution in [0.25, 0.3) is 11.1 Å². The number of hydrogen-bond acceptors (Lipinski definition) is 2. The Bertz CT molecular complexity index is 924. The molecule has 0 aliphatic heterocycles. The Morgan fingerprint density at radius 2 is 1.44 bits per heavy atom. The monoisotopic (exact) mass is 335 g/mol. The number of nitrogens with one attached hydrogen (secondary N) is 1.